The molecule has 0 fully saturated rings. The van der Waals surface area contributed by atoms with Gasteiger partial charge in [0, 0.05) is 11.6 Å². The van der Waals surface area contributed by atoms with Crippen LogP contribution in [0.5, 0.6) is 0 Å². The van der Waals surface area contributed by atoms with Gasteiger partial charge >= 0.3 is 0 Å². The van der Waals surface area contributed by atoms with E-state index >= 15 is 0 Å². The van der Waals surface area contributed by atoms with Crippen molar-refractivity contribution in [3.05, 3.63) is 64.1 Å². The topological polar surface area (TPSA) is 51.2 Å². The van der Waals surface area contributed by atoms with Crippen molar-refractivity contribution in [3.63, 3.8) is 0 Å². The highest BCUT2D eigenvalue weighted by Gasteiger charge is 2.05. The first-order valence-electron chi connectivity index (χ1n) is 7.14. The van der Waals surface area contributed by atoms with Crippen molar-refractivity contribution in [2.75, 3.05) is 6.61 Å². The molecule has 3 rings (SSSR count). The number of rotatable bonds is 6. The van der Waals surface area contributed by atoms with E-state index in [1.54, 1.807) is 23.5 Å². The van der Waals surface area contributed by atoms with E-state index in [0.29, 0.717) is 18.2 Å². The molecule has 0 bridgehead atoms. The fourth-order valence-electron chi connectivity index (χ4n) is 2.07. The Labute approximate surface area is 143 Å². The molecular formula is C17H15ClN2O2S. The van der Waals surface area contributed by atoms with Gasteiger partial charge in [0.1, 0.15) is 11.6 Å². The lowest BCUT2D eigenvalue weighted by molar-refractivity contribution is -0.126. The molecule has 1 amide bonds. The van der Waals surface area contributed by atoms with E-state index < -0.39 is 0 Å². The molecule has 0 aliphatic heterocycles. The Morgan fingerprint density at radius 2 is 1.96 bits per heavy atom. The van der Waals surface area contributed by atoms with Gasteiger partial charge in [-0.05, 0) is 29.8 Å². The molecule has 0 aliphatic carbocycles. The zero-order chi connectivity index (χ0) is 16.1. The lowest BCUT2D eigenvalue weighted by atomic mass is 10.2. The van der Waals surface area contributed by atoms with Crippen LogP contribution in [0.1, 0.15) is 10.6 Å². The smallest absolute Gasteiger partial charge is 0.246 e. The number of hydrogen-bond acceptors (Lipinski definition) is 4. The molecule has 0 saturated carbocycles. The van der Waals surface area contributed by atoms with Crippen LogP contribution in [0.15, 0.2) is 48.5 Å². The Bertz CT molecular complexity index is 769. The van der Waals surface area contributed by atoms with E-state index in [1.165, 1.54) is 0 Å². The number of halogens is 1. The number of nitrogens with zero attached hydrogens (tertiary/aromatic N) is 1. The molecule has 0 unspecified atom stereocenters. The van der Waals surface area contributed by atoms with Crippen LogP contribution in [-0.4, -0.2) is 17.5 Å². The summed E-state index contributed by atoms with van der Waals surface area (Å²) in [5.41, 5.74) is 1.96. The Kier molecular flexibility index (Phi) is 5.23. The van der Waals surface area contributed by atoms with E-state index in [2.05, 4.69) is 10.3 Å². The average Bonchev–Trinajstić information content (AvgIpc) is 2.97. The molecule has 4 nitrogen and oxygen atoms in total. The summed E-state index contributed by atoms with van der Waals surface area (Å²) >= 11 is 7.40. The summed E-state index contributed by atoms with van der Waals surface area (Å²) in [6, 6.07) is 15.3. The predicted octanol–water partition coefficient (Wildman–Crippen LogP) is 3.78. The molecule has 0 aliphatic rings. The van der Waals surface area contributed by atoms with E-state index in [-0.39, 0.29) is 12.5 Å². The number of amides is 1. The molecule has 6 heteroatoms. The van der Waals surface area contributed by atoms with Crippen LogP contribution in [0.4, 0.5) is 0 Å². The number of thiazole rings is 1. The van der Waals surface area contributed by atoms with Gasteiger partial charge in [-0.2, -0.15) is 0 Å². The van der Waals surface area contributed by atoms with Crippen LogP contribution < -0.4 is 5.32 Å². The maximum absolute atomic E-state index is 11.8. The second-order valence-electron chi connectivity index (χ2n) is 4.97. The molecule has 1 N–H and O–H groups in total. The quantitative estimate of drug-likeness (QED) is 0.739. The molecule has 2 aromatic carbocycles. The summed E-state index contributed by atoms with van der Waals surface area (Å²) in [4.78, 5) is 16.2. The van der Waals surface area contributed by atoms with Crippen molar-refractivity contribution in [1.82, 2.24) is 10.3 Å². The van der Waals surface area contributed by atoms with Crippen molar-refractivity contribution >= 4 is 39.1 Å². The molecule has 1 heterocycles. The minimum absolute atomic E-state index is 0.0174. The number of ether oxygens (including phenoxy) is 1. The van der Waals surface area contributed by atoms with Crippen molar-refractivity contribution in [2.24, 2.45) is 0 Å². The first kappa shape index (κ1) is 15.9. The fourth-order valence-corrected chi connectivity index (χ4v) is 3.10. The van der Waals surface area contributed by atoms with Crippen LogP contribution >= 0.6 is 22.9 Å². The second kappa shape index (κ2) is 7.55. The number of fused-ring (bicyclic) bond motifs is 1. The number of para-hydroxylation sites is 1. The predicted molar refractivity (Wildman–Crippen MR) is 92.6 cm³/mol. The first-order valence-corrected chi connectivity index (χ1v) is 8.33. The zero-order valence-corrected chi connectivity index (χ0v) is 13.9. The third-order valence-electron chi connectivity index (χ3n) is 3.20. The van der Waals surface area contributed by atoms with Crippen LogP contribution in [0.3, 0.4) is 0 Å². The molecule has 0 spiro atoms. The Hall–Kier alpha value is -1.95. The highest BCUT2D eigenvalue weighted by molar-refractivity contribution is 7.18. The van der Waals surface area contributed by atoms with Gasteiger partial charge in [-0.25, -0.2) is 4.98 Å². The van der Waals surface area contributed by atoms with Crippen LogP contribution in [0.25, 0.3) is 10.2 Å². The maximum Gasteiger partial charge on any atom is 0.246 e. The molecule has 0 atom stereocenters. The molecule has 118 valence electrons. The number of carbonyl (C=O) groups excluding carboxylic acids is 1. The minimum atomic E-state index is -0.152. The van der Waals surface area contributed by atoms with Gasteiger partial charge in [0.25, 0.3) is 0 Å². The molecule has 3 aromatic rings. The molecule has 0 radical (unpaired) electrons. The minimum Gasteiger partial charge on any atom is -0.364 e. The number of nitrogens with one attached hydrogen (secondary N) is 1. The fraction of sp³-hybridized carbons (Fsp3) is 0.176. The first-order chi connectivity index (χ1) is 11.2. The Balaban J connectivity index is 1.43. The summed E-state index contributed by atoms with van der Waals surface area (Å²) in [5.74, 6) is -0.152. The van der Waals surface area contributed by atoms with Gasteiger partial charge in [0.15, 0.2) is 0 Å². The normalized spacial score (nSPS) is 10.8. The Morgan fingerprint density at radius 1 is 1.17 bits per heavy atom. The second-order valence-corrected chi connectivity index (χ2v) is 6.52. The molecule has 0 saturated heterocycles. The lowest BCUT2D eigenvalue weighted by Gasteiger charge is -2.05. The van der Waals surface area contributed by atoms with Gasteiger partial charge in [-0.3, -0.25) is 4.79 Å². The third kappa shape index (κ3) is 4.51. The monoisotopic (exact) mass is 346 g/mol. The van der Waals surface area contributed by atoms with Crippen LogP contribution in [-0.2, 0) is 22.7 Å². The highest BCUT2D eigenvalue weighted by Crippen LogP contribution is 2.21. The van der Waals surface area contributed by atoms with Gasteiger partial charge in [0.2, 0.25) is 5.91 Å². The van der Waals surface area contributed by atoms with Crippen molar-refractivity contribution in [2.45, 2.75) is 13.2 Å². The summed E-state index contributed by atoms with van der Waals surface area (Å²) < 4.78 is 6.56. The van der Waals surface area contributed by atoms with E-state index in [1.807, 2.05) is 36.4 Å². The number of benzene rings is 2. The summed E-state index contributed by atoms with van der Waals surface area (Å²) in [5, 5.41) is 4.36. The van der Waals surface area contributed by atoms with E-state index in [9.17, 15) is 4.79 Å². The average molecular weight is 347 g/mol. The van der Waals surface area contributed by atoms with Crippen LogP contribution in [0, 0.1) is 0 Å². The van der Waals surface area contributed by atoms with E-state index in [0.717, 1.165) is 20.8 Å². The number of carbonyl (C=O) groups is 1. The zero-order valence-electron chi connectivity index (χ0n) is 12.3. The largest absolute Gasteiger partial charge is 0.364 e. The van der Waals surface area contributed by atoms with Gasteiger partial charge in [-0.15, -0.1) is 11.3 Å². The number of aromatic nitrogens is 1. The summed E-state index contributed by atoms with van der Waals surface area (Å²) in [6.45, 7) is 0.817. The standard InChI is InChI=1S/C17H15ClN2O2S/c18-13-7-5-12(6-8-13)9-19-16(21)10-22-11-17-20-14-3-1-2-4-15(14)23-17/h1-8H,9-11H2,(H,19,21). The molecule has 23 heavy (non-hydrogen) atoms. The molecule has 1 aromatic heterocycles. The van der Waals surface area contributed by atoms with Gasteiger partial charge < -0.3 is 10.1 Å². The molecular weight excluding hydrogens is 332 g/mol. The van der Waals surface area contributed by atoms with Gasteiger partial charge in [-0.1, -0.05) is 35.9 Å². The van der Waals surface area contributed by atoms with Crippen molar-refractivity contribution in [1.29, 1.82) is 0 Å². The summed E-state index contributed by atoms with van der Waals surface area (Å²) in [7, 11) is 0. The number of hydrogen-bond donors (Lipinski definition) is 1. The van der Waals surface area contributed by atoms with E-state index in [4.69, 9.17) is 16.3 Å². The van der Waals surface area contributed by atoms with Crippen molar-refractivity contribution in [3.8, 4) is 0 Å². The van der Waals surface area contributed by atoms with Gasteiger partial charge in [0.05, 0.1) is 16.8 Å². The Morgan fingerprint density at radius 3 is 2.74 bits per heavy atom. The summed E-state index contributed by atoms with van der Waals surface area (Å²) in [6.07, 6.45) is 0. The SMILES string of the molecule is O=C(COCc1nc2ccccc2s1)NCc1ccc(Cl)cc1. The maximum atomic E-state index is 11.8. The third-order valence-corrected chi connectivity index (χ3v) is 4.46. The lowest BCUT2D eigenvalue weighted by Crippen LogP contribution is -2.27. The van der Waals surface area contributed by atoms with Crippen molar-refractivity contribution < 1.29 is 9.53 Å². The van der Waals surface area contributed by atoms with Crippen LogP contribution in [0.2, 0.25) is 5.02 Å². The highest BCUT2D eigenvalue weighted by atomic mass is 35.5.